The Labute approximate surface area is 113 Å². The maximum Gasteiger partial charge on any atom is 0.234 e. The van der Waals surface area contributed by atoms with Gasteiger partial charge in [-0.25, -0.2) is 4.39 Å². The Morgan fingerprint density at radius 1 is 1.37 bits per heavy atom. The van der Waals surface area contributed by atoms with Gasteiger partial charge in [-0.15, -0.1) is 0 Å². The van der Waals surface area contributed by atoms with E-state index in [1.807, 2.05) is 13.8 Å². The van der Waals surface area contributed by atoms with E-state index in [1.165, 1.54) is 6.07 Å². The van der Waals surface area contributed by atoms with Crippen molar-refractivity contribution in [3.8, 4) is 0 Å². The second kappa shape index (κ2) is 7.86. The third-order valence-corrected chi connectivity index (χ3v) is 2.76. The highest BCUT2D eigenvalue weighted by Crippen LogP contribution is 2.15. The van der Waals surface area contributed by atoms with E-state index in [-0.39, 0.29) is 30.4 Å². The normalized spacial score (nSPS) is 13.9. The maximum atomic E-state index is 13.5. The van der Waals surface area contributed by atoms with Crippen molar-refractivity contribution in [1.82, 2.24) is 10.6 Å². The number of hydrogen-bond donors (Lipinski definition) is 2. The lowest BCUT2D eigenvalue weighted by molar-refractivity contribution is -0.121. The number of nitrogens with one attached hydrogen (secondary N) is 2. The first-order valence-corrected chi connectivity index (χ1v) is 6.30. The van der Waals surface area contributed by atoms with Gasteiger partial charge >= 0.3 is 0 Å². The molecule has 1 amide bonds. The Hall–Kier alpha value is -1.46. The molecule has 4 nitrogen and oxygen atoms in total. The Bertz CT molecular complexity index is 412. The van der Waals surface area contributed by atoms with Crippen LogP contribution in [-0.4, -0.2) is 32.2 Å². The summed E-state index contributed by atoms with van der Waals surface area (Å²) in [5.41, 5.74) is 0.556. The Morgan fingerprint density at radius 2 is 2.05 bits per heavy atom. The highest BCUT2D eigenvalue weighted by atomic mass is 19.1. The highest BCUT2D eigenvalue weighted by molar-refractivity contribution is 5.78. The highest BCUT2D eigenvalue weighted by Gasteiger charge is 2.12. The molecule has 0 aliphatic heterocycles. The zero-order valence-electron chi connectivity index (χ0n) is 11.6. The summed E-state index contributed by atoms with van der Waals surface area (Å²) in [6.07, 6.45) is 0. The van der Waals surface area contributed by atoms with Crippen LogP contribution < -0.4 is 10.6 Å². The second-order valence-corrected chi connectivity index (χ2v) is 4.55. The molecule has 0 aromatic heterocycles. The molecule has 0 heterocycles. The average molecular weight is 268 g/mol. The molecule has 106 valence electrons. The molecule has 0 aliphatic rings. The Morgan fingerprint density at radius 3 is 2.68 bits per heavy atom. The molecule has 0 saturated heterocycles. The lowest BCUT2D eigenvalue weighted by Crippen LogP contribution is -2.41. The molecular formula is C14H21FN2O2. The molecule has 0 saturated carbocycles. The summed E-state index contributed by atoms with van der Waals surface area (Å²) in [5.74, 6) is -0.400. The summed E-state index contributed by atoms with van der Waals surface area (Å²) in [4.78, 5) is 11.6. The molecule has 0 radical (unpaired) electrons. The van der Waals surface area contributed by atoms with Crippen LogP contribution in [-0.2, 0) is 9.53 Å². The first-order valence-electron chi connectivity index (χ1n) is 6.30. The van der Waals surface area contributed by atoms with E-state index in [2.05, 4.69) is 10.6 Å². The number of amides is 1. The van der Waals surface area contributed by atoms with Crippen molar-refractivity contribution in [3.63, 3.8) is 0 Å². The zero-order valence-corrected chi connectivity index (χ0v) is 11.6. The van der Waals surface area contributed by atoms with Crippen LogP contribution in [0.3, 0.4) is 0 Å². The molecule has 2 unspecified atom stereocenters. The third kappa shape index (κ3) is 5.36. The van der Waals surface area contributed by atoms with Gasteiger partial charge in [0.1, 0.15) is 5.82 Å². The smallest absolute Gasteiger partial charge is 0.234 e. The lowest BCUT2D eigenvalue weighted by atomic mass is 10.1. The minimum Gasteiger partial charge on any atom is -0.383 e. The van der Waals surface area contributed by atoms with E-state index < -0.39 is 0 Å². The van der Waals surface area contributed by atoms with Crippen molar-refractivity contribution in [3.05, 3.63) is 35.6 Å². The minimum atomic E-state index is -0.268. The fourth-order valence-corrected chi connectivity index (χ4v) is 1.80. The molecular weight excluding hydrogens is 247 g/mol. The van der Waals surface area contributed by atoms with Crippen LogP contribution in [0.25, 0.3) is 0 Å². The number of halogens is 1. The third-order valence-electron chi connectivity index (χ3n) is 2.76. The number of benzene rings is 1. The van der Waals surface area contributed by atoms with Crippen LogP contribution in [0.5, 0.6) is 0 Å². The van der Waals surface area contributed by atoms with Crippen LogP contribution in [0.4, 0.5) is 4.39 Å². The molecule has 0 bridgehead atoms. The second-order valence-electron chi connectivity index (χ2n) is 4.55. The maximum absolute atomic E-state index is 13.5. The minimum absolute atomic E-state index is 0.0388. The summed E-state index contributed by atoms with van der Waals surface area (Å²) >= 11 is 0. The number of methoxy groups -OCH3 is 1. The van der Waals surface area contributed by atoms with Crippen molar-refractivity contribution in [2.75, 3.05) is 20.3 Å². The van der Waals surface area contributed by atoms with Gasteiger partial charge in [0.2, 0.25) is 5.91 Å². The standard InChI is InChI=1S/C14H21FN2O2/c1-10(9-19-3)17-14(18)8-16-11(2)12-6-4-5-7-13(12)15/h4-7,10-11,16H,8-9H2,1-3H3,(H,17,18). The molecule has 1 aromatic rings. The van der Waals surface area contributed by atoms with E-state index in [9.17, 15) is 9.18 Å². The summed E-state index contributed by atoms with van der Waals surface area (Å²) in [5, 5.41) is 5.78. The topological polar surface area (TPSA) is 50.4 Å². The molecule has 0 spiro atoms. The van der Waals surface area contributed by atoms with Gasteiger partial charge in [0.25, 0.3) is 0 Å². The van der Waals surface area contributed by atoms with E-state index >= 15 is 0 Å². The fourth-order valence-electron chi connectivity index (χ4n) is 1.80. The predicted molar refractivity (Wildman–Crippen MR) is 72.3 cm³/mol. The summed E-state index contributed by atoms with van der Waals surface area (Å²) in [6.45, 7) is 4.30. The fraction of sp³-hybridized carbons (Fsp3) is 0.500. The Balaban J connectivity index is 2.40. The van der Waals surface area contributed by atoms with Crippen LogP contribution in [0.1, 0.15) is 25.5 Å². The number of rotatable bonds is 7. The first kappa shape index (κ1) is 15.6. The molecule has 1 aromatic carbocycles. The van der Waals surface area contributed by atoms with Gasteiger partial charge in [-0.1, -0.05) is 18.2 Å². The van der Waals surface area contributed by atoms with Gasteiger partial charge < -0.3 is 15.4 Å². The molecule has 2 N–H and O–H groups in total. The summed E-state index contributed by atoms with van der Waals surface area (Å²) < 4.78 is 18.4. The lowest BCUT2D eigenvalue weighted by Gasteiger charge is -2.17. The number of ether oxygens (including phenoxy) is 1. The van der Waals surface area contributed by atoms with Gasteiger partial charge in [-0.05, 0) is 19.9 Å². The number of carbonyl (C=O) groups is 1. The quantitative estimate of drug-likeness (QED) is 0.790. The van der Waals surface area contributed by atoms with E-state index in [0.29, 0.717) is 12.2 Å². The molecule has 2 atom stereocenters. The van der Waals surface area contributed by atoms with Gasteiger partial charge in [0, 0.05) is 24.8 Å². The number of hydrogen-bond acceptors (Lipinski definition) is 3. The van der Waals surface area contributed by atoms with E-state index in [0.717, 1.165) is 0 Å². The van der Waals surface area contributed by atoms with E-state index in [4.69, 9.17) is 4.74 Å². The van der Waals surface area contributed by atoms with E-state index in [1.54, 1.807) is 25.3 Å². The number of carbonyl (C=O) groups excluding carboxylic acids is 1. The molecule has 1 rings (SSSR count). The SMILES string of the molecule is COCC(C)NC(=O)CNC(C)c1ccccc1F. The van der Waals surface area contributed by atoms with Gasteiger partial charge in [-0.3, -0.25) is 4.79 Å². The largest absolute Gasteiger partial charge is 0.383 e. The van der Waals surface area contributed by atoms with Gasteiger partial charge in [0.15, 0.2) is 0 Å². The van der Waals surface area contributed by atoms with Crippen LogP contribution in [0.15, 0.2) is 24.3 Å². The van der Waals surface area contributed by atoms with Crippen molar-refractivity contribution < 1.29 is 13.9 Å². The van der Waals surface area contributed by atoms with Crippen LogP contribution >= 0.6 is 0 Å². The molecule has 5 heteroatoms. The monoisotopic (exact) mass is 268 g/mol. The van der Waals surface area contributed by atoms with Crippen LogP contribution in [0.2, 0.25) is 0 Å². The van der Waals surface area contributed by atoms with Crippen molar-refractivity contribution in [2.24, 2.45) is 0 Å². The van der Waals surface area contributed by atoms with Crippen LogP contribution in [0, 0.1) is 5.82 Å². The summed E-state index contributed by atoms with van der Waals surface area (Å²) in [7, 11) is 1.58. The van der Waals surface area contributed by atoms with Gasteiger partial charge in [0.05, 0.1) is 13.2 Å². The molecule has 0 fully saturated rings. The van der Waals surface area contributed by atoms with Crippen molar-refractivity contribution in [1.29, 1.82) is 0 Å². The molecule has 19 heavy (non-hydrogen) atoms. The first-order chi connectivity index (χ1) is 9.04. The molecule has 0 aliphatic carbocycles. The Kier molecular flexibility index (Phi) is 6.45. The van der Waals surface area contributed by atoms with Gasteiger partial charge in [-0.2, -0.15) is 0 Å². The average Bonchev–Trinajstić information content (AvgIpc) is 2.36. The zero-order chi connectivity index (χ0) is 14.3. The van der Waals surface area contributed by atoms with Crippen molar-refractivity contribution in [2.45, 2.75) is 25.9 Å². The van der Waals surface area contributed by atoms with Crippen molar-refractivity contribution >= 4 is 5.91 Å². The predicted octanol–water partition coefficient (Wildman–Crippen LogP) is 1.63. The summed E-state index contributed by atoms with van der Waals surface area (Å²) in [6, 6.07) is 6.28.